The fourth-order valence-corrected chi connectivity index (χ4v) is 1.91. The zero-order valence-electron chi connectivity index (χ0n) is 12.8. The van der Waals surface area contributed by atoms with E-state index in [1.165, 1.54) is 0 Å². The topological polar surface area (TPSA) is 87.7 Å². The second-order valence-electron chi connectivity index (χ2n) is 5.30. The maximum atomic E-state index is 11.9. The van der Waals surface area contributed by atoms with Gasteiger partial charge >= 0.3 is 12.0 Å². The lowest BCUT2D eigenvalue weighted by atomic mass is 10.0. The Balaban J connectivity index is 2.70. The first-order valence-electron chi connectivity index (χ1n) is 6.78. The highest BCUT2D eigenvalue weighted by Gasteiger charge is 2.21. The molecule has 1 atom stereocenters. The van der Waals surface area contributed by atoms with Crippen molar-refractivity contribution in [3.63, 3.8) is 0 Å². The van der Waals surface area contributed by atoms with Crippen LogP contribution in [-0.4, -0.2) is 30.3 Å². The molecule has 6 nitrogen and oxygen atoms in total. The first kappa shape index (κ1) is 16.8. The van der Waals surface area contributed by atoms with Crippen molar-refractivity contribution >= 4 is 17.7 Å². The molecule has 0 saturated carbocycles. The number of anilines is 1. The van der Waals surface area contributed by atoms with Crippen LogP contribution in [0.25, 0.3) is 0 Å². The first-order chi connectivity index (χ1) is 9.83. The van der Waals surface area contributed by atoms with Crippen molar-refractivity contribution in [2.75, 3.05) is 12.4 Å². The molecule has 0 fully saturated rings. The number of carbonyl (C=O) groups is 2. The summed E-state index contributed by atoms with van der Waals surface area (Å²) in [4.78, 5) is 23.0. The molecule has 6 heteroatoms. The van der Waals surface area contributed by atoms with E-state index in [4.69, 9.17) is 9.84 Å². The molecule has 0 heterocycles. The Bertz CT molecular complexity index is 514. The van der Waals surface area contributed by atoms with Crippen molar-refractivity contribution in [3.05, 3.63) is 23.8 Å². The Morgan fingerprint density at radius 2 is 2.00 bits per heavy atom. The summed E-state index contributed by atoms with van der Waals surface area (Å²) in [6.07, 6.45) is 0.379. The molecule has 0 aliphatic carbocycles. The van der Waals surface area contributed by atoms with Crippen LogP contribution < -0.4 is 15.4 Å². The van der Waals surface area contributed by atoms with Gasteiger partial charge in [-0.1, -0.05) is 13.8 Å². The zero-order chi connectivity index (χ0) is 16.0. The molecule has 21 heavy (non-hydrogen) atoms. The Morgan fingerprint density at radius 1 is 1.33 bits per heavy atom. The van der Waals surface area contributed by atoms with E-state index in [2.05, 4.69) is 10.6 Å². The summed E-state index contributed by atoms with van der Waals surface area (Å²) in [7, 11) is 1.57. The number of ether oxygens (including phenoxy) is 1. The molecule has 0 aliphatic heterocycles. The lowest BCUT2D eigenvalue weighted by molar-refractivity contribution is -0.139. The van der Waals surface area contributed by atoms with Crippen molar-refractivity contribution in [1.29, 1.82) is 0 Å². The number of methoxy groups -OCH3 is 1. The number of benzene rings is 1. The predicted octanol–water partition coefficient (Wildman–Crippen LogP) is 2.62. The van der Waals surface area contributed by atoms with E-state index >= 15 is 0 Å². The number of urea groups is 1. The molecule has 0 aromatic heterocycles. The minimum atomic E-state index is -1.04. The Hall–Kier alpha value is -2.24. The zero-order valence-corrected chi connectivity index (χ0v) is 12.8. The number of nitrogens with one attached hydrogen (secondary N) is 2. The summed E-state index contributed by atoms with van der Waals surface area (Å²) in [6, 6.07) is 3.80. The fourth-order valence-electron chi connectivity index (χ4n) is 1.91. The van der Waals surface area contributed by atoms with Gasteiger partial charge in [-0.3, -0.25) is 0 Å². The molecule has 3 N–H and O–H groups in total. The summed E-state index contributed by atoms with van der Waals surface area (Å²) >= 11 is 0. The number of hydrogen-bond donors (Lipinski definition) is 3. The van der Waals surface area contributed by atoms with Crippen molar-refractivity contribution in [2.45, 2.75) is 33.2 Å². The number of carboxylic acid groups (broad SMARTS) is 1. The molecule has 1 aromatic carbocycles. The largest absolute Gasteiger partial charge is 0.497 e. The fraction of sp³-hybridized carbons (Fsp3) is 0.467. The quantitative estimate of drug-likeness (QED) is 0.752. The molecule has 1 aromatic rings. The van der Waals surface area contributed by atoms with Gasteiger partial charge in [-0.15, -0.1) is 0 Å². The lowest BCUT2D eigenvalue weighted by Gasteiger charge is -2.17. The van der Waals surface area contributed by atoms with Gasteiger partial charge < -0.3 is 20.5 Å². The molecule has 0 bridgehead atoms. The number of rotatable bonds is 6. The highest BCUT2D eigenvalue weighted by Crippen LogP contribution is 2.20. The molecule has 1 rings (SSSR count). The van der Waals surface area contributed by atoms with Gasteiger partial charge in [0.1, 0.15) is 11.8 Å². The number of carboxylic acids is 1. The average molecular weight is 294 g/mol. The van der Waals surface area contributed by atoms with Crippen LogP contribution in [0.1, 0.15) is 25.8 Å². The van der Waals surface area contributed by atoms with Gasteiger partial charge in [-0.05, 0) is 43.0 Å². The molecular formula is C15H22N2O4. The summed E-state index contributed by atoms with van der Waals surface area (Å²) in [5, 5.41) is 14.2. The normalized spacial score (nSPS) is 11.9. The highest BCUT2D eigenvalue weighted by atomic mass is 16.5. The number of aryl methyl sites for hydroxylation is 1. The minimum Gasteiger partial charge on any atom is -0.497 e. The molecular weight excluding hydrogens is 272 g/mol. The van der Waals surface area contributed by atoms with Crippen LogP contribution in [0.15, 0.2) is 18.2 Å². The van der Waals surface area contributed by atoms with Gasteiger partial charge in [0, 0.05) is 5.69 Å². The average Bonchev–Trinajstić information content (AvgIpc) is 2.39. The van der Waals surface area contributed by atoms with E-state index < -0.39 is 18.0 Å². The van der Waals surface area contributed by atoms with E-state index in [-0.39, 0.29) is 5.92 Å². The highest BCUT2D eigenvalue weighted by molar-refractivity contribution is 5.92. The molecule has 116 valence electrons. The third-order valence-corrected chi connectivity index (χ3v) is 2.99. The van der Waals surface area contributed by atoms with E-state index in [0.29, 0.717) is 17.9 Å². The number of hydrogen-bond acceptors (Lipinski definition) is 3. The van der Waals surface area contributed by atoms with Gasteiger partial charge in [0.25, 0.3) is 0 Å². The second-order valence-corrected chi connectivity index (χ2v) is 5.30. The van der Waals surface area contributed by atoms with Gasteiger partial charge in [-0.2, -0.15) is 0 Å². The van der Waals surface area contributed by atoms with E-state index in [0.717, 1.165) is 5.56 Å². The van der Waals surface area contributed by atoms with Crippen LogP contribution >= 0.6 is 0 Å². The van der Waals surface area contributed by atoms with E-state index in [9.17, 15) is 9.59 Å². The second kappa shape index (κ2) is 7.52. The first-order valence-corrected chi connectivity index (χ1v) is 6.78. The van der Waals surface area contributed by atoms with Crippen LogP contribution in [0, 0.1) is 12.8 Å². The lowest BCUT2D eigenvalue weighted by Crippen LogP contribution is -2.43. The van der Waals surface area contributed by atoms with Gasteiger partial charge in [-0.25, -0.2) is 9.59 Å². The SMILES string of the molecule is COc1ccc(NC(=O)NC(CC(C)C)C(=O)O)c(C)c1. The Kier molecular flexibility index (Phi) is 6.02. The number of amides is 2. The van der Waals surface area contributed by atoms with Crippen molar-refractivity contribution < 1.29 is 19.4 Å². The molecule has 0 spiro atoms. The maximum absolute atomic E-state index is 11.9. The standard InChI is InChI=1S/C15H22N2O4/c1-9(2)7-13(14(18)19)17-15(20)16-12-6-5-11(21-4)8-10(12)3/h5-6,8-9,13H,7H2,1-4H3,(H,18,19)(H2,16,17,20). The van der Waals surface area contributed by atoms with Crippen LogP contribution in [-0.2, 0) is 4.79 Å². The third kappa shape index (κ3) is 5.33. The number of carbonyl (C=O) groups excluding carboxylic acids is 1. The van der Waals surface area contributed by atoms with Gasteiger partial charge in [0.2, 0.25) is 0 Å². The maximum Gasteiger partial charge on any atom is 0.326 e. The molecule has 2 amide bonds. The van der Waals surface area contributed by atoms with Crippen molar-refractivity contribution in [1.82, 2.24) is 5.32 Å². The van der Waals surface area contributed by atoms with Crippen LogP contribution in [0.3, 0.4) is 0 Å². The molecule has 0 saturated heterocycles. The minimum absolute atomic E-state index is 0.175. The third-order valence-electron chi connectivity index (χ3n) is 2.99. The van der Waals surface area contributed by atoms with E-state index in [1.807, 2.05) is 20.8 Å². The summed E-state index contributed by atoms with van der Waals surface area (Å²) in [6.45, 7) is 5.65. The van der Waals surface area contributed by atoms with Crippen molar-refractivity contribution in [2.24, 2.45) is 5.92 Å². The number of aliphatic carboxylic acids is 1. The van der Waals surface area contributed by atoms with Crippen molar-refractivity contribution in [3.8, 4) is 5.75 Å². The van der Waals surface area contributed by atoms with Crippen LogP contribution in [0.2, 0.25) is 0 Å². The summed E-state index contributed by atoms with van der Waals surface area (Å²) in [5.41, 5.74) is 1.45. The van der Waals surface area contributed by atoms with Crippen LogP contribution in [0.4, 0.5) is 10.5 Å². The Labute approximate surface area is 124 Å². The summed E-state index contributed by atoms with van der Waals surface area (Å²) in [5.74, 6) is -0.166. The van der Waals surface area contributed by atoms with Gasteiger partial charge in [0.15, 0.2) is 0 Å². The van der Waals surface area contributed by atoms with Gasteiger partial charge in [0.05, 0.1) is 7.11 Å². The van der Waals surface area contributed by atoms with E-state index in [1.54, 1.807) is 25.3 Å². The monoisotopic (exact) mass is 294 g/mol. The Morgan fingerprint density at radius 3 is 2.48 bits per heavy atom. The molecule has 1 unspecified atom stereocenters. The van der Waals surface area contributed by atoms with Crippen LogP contribution in [0.5, 0.6) is 5.75 Å². The molecule has 0 aliphatic rings. The predicted molar refractivity (Wildman–Crippen MR) is 80.8 cm³/mol. The smallest absolute Gasteiger partial charge is 0.326 e. The summed E-state index contributed by atoms with van der Waals surface area (Å²) < 4.78 is 5.09. The molecule has 0 radical (unpaired) electrons.